The Labute approximate surface area is 150 Å². The Bertz CT molecular complexity index is 815. The number of thiophene rings is 1. The third-order valence-electron chi connectivity index (χ3n) is 3.08. The number of rotatable bonds is 8. The van der Waals surface area contributed by atoms with Crippen molar-refractivity contribution in [3.05, 3.63) is 47.3 Å². The monoisotopic (exact) mass is 382 g/mol. The van der Waals surface area contributed by atoms with Gasteiger partial charge in [0.2, 0.25) is 10.0 Å². The number of aryl methyl sites for hydroxylation is 1. The first-order valence-corrected chi connectivity index (χ1v) is 9.78. The molecule has 1 heterocycles. The van der Waals surface area contributed by atoms with Gasteiger partial charge in [-0.3, -0.25) is 9.59 Å². The predicted octanol–water partition coefficient (Wildman–Crippen LogP) is 1.91. The van der Waals surface area contributed by atoms with E-state index in [9.17, 15) is 18.0 Å². The zero-order valence-corrected chi connectivity index (χ0v) is 15.2. The molecule has 2 N–H and O–H groups in total. The van der Waals surface area contributed by atoms with Crippen LogP contribution in [-0.2, 0) is 24.3 Å². The number of hydrogen-bond acceptors (Lipinski definition) is 6. The van der Waals surface area contributed by atoms with Crippen molar-refractivity contribution in [2.24, 2.45) is 0 Å². The van der Waals surface area contributed by atoms with E-state index in [0.29, 0.717) is 5.69 Å². The van der Waals surface area contributed by atoms with Gasteiger partial charge in [-0.2, -0.15) is 0 Å². The van der Waals surface area contributed by atoms with Gasteiger partial charge in [-0.05, 0) is 30.5 Å². The minimum Gasteiger partial charge on any atom is -0.456 e. The summed E-state index contributed by atoms with van der Waals surface area (Å²) in [7, 11) is -3.61. The molecule has 0 spiro atoms. The number of nitrogens with one attached hydrogen (secondary N) is 2. The number of carbonyl (C=O) groups is 2. The van der Waals surface area contributed by atoms with E-state index in [1.807, 2.05) is 19.1 Å². The second-order valence-corrected chi connectivity index (χ2v) is 8.10. The molecule has 0 unspecified atom stereocenters. The molecule has 0 atom stereocenters. The first-order chi connectivity index (χ1) is 11.9. The quantitative estimate of drug-likeness (QED) is 0.679. The number of sulfonamides is 1. The van der Waals surface area contributed by atoms with E-state index in [0.717, 1.165) is 16.9 Å². The van der Waals surface area contributed by atoms with E-state index in [4.69, 9.17) is 4.74 Å². The van der Waals surface area contributed by atoms with Gasteiger partial charge in [-0.1, -0.05) is 23.8 Å². The van der Waals surface area contributed by atoms with Gasteiger partial charge in [-0.15, -0.1) is 11.3 Å². The lowest BCUT2D eigenvalue weighted by Gasteiger charge is -2.07. The molecular formula is C16H18N2O5S2. The topological polar surface area (TPSA) is 102 Å². The highest BCUT2D eigenvalue weighted by Gasteiger charge is 2.15. The maximum Gasteiger partial charge on any atom is 0.307 e. The van der Waals surface area contributed by atoms with Gasteiger partial charge in [-0.25, -0.2) is 13.1 Å². The van der Waals surface area contributed by atoms with E-state index in [2.05, 4.69) is 10.0 Å². The molecule has 1 aromatic heterocycles. The molecular weight excluding hydrogens is 364 g/mol. The van der Waals surface area contributed by atoms with Gasteiger partial charge in [0.1, 0.15) is 4.21 Å². The first-order valence-electron chi connectivity index (χ1n) is 7.42. The molecule has 134 valence electrons. The predicted molar refractivity (Wildman–Crippen MR) is 94.9 cm³/mol. The zero-order valence-electron chi connectivity index (χ0n) is 13.5. The van der Waals surface area contributed by atoms with E-state index >= 15 is 0 Å². The van der Waals surface area contributed by atoms with Crippen molar-refractivity contribution in [2.75, 3.05) is 18.5 Å². The number of amides is 1. The summed E-state index contributed by atoms with van der Waals surface area (Å²) < 4.78 is 31.0. The van der Waals surface area contributed by atoms with Gasteiger partial charge in [0.15, 0.2) is 6.61 Å². The molecule has 9 heteroatoms. The Morgan fingerprint density at radius 1 is 1.16 bits per heavy atom. The van der Waals surface area contributed by atoms with Crippen molar-refractivity contribution in [1.82, 2.24) is 4.72 Å². The van der Waals surface area contributed by atoms with Crippen LogP contribution in [0.1, 0.15) is 12.0 Å². The lowest BCUT2D eigenvalue weighted by atomic mass is 10.2. The largest absolute Gasteiger partial charge is 0.456 e. The Morgan fingerprint density at radius 2 is 1.88 bits per heavy atom. The number of benzene rings is 1. The Hall–Kier alpha value is -2.23. The highest BCUT2D eigenvalue weighted by Crippen LogP contribution is 2.15. The molecule has 2 rings (SSSR count). The van der Waals surface area contributed by atoms with Crippen LogP contribution < -0.4 is 10.0 Å². The standard InChI is InChI=1S/C16H18N2O5S2/c1-12-4-6-13(7-5-12)18-14(19)11-23-15(20)8-9-17-25(21,22)16-3-2-10-24-16/h2-7,10,17H,8-9,11H2,1H3,(H,18,19). The van der Waals surface area contributed by atoms with Crippen LogP contribution in [0, 0.1) is 6.92 Å². The summed E-state index contributed by atoms with van der Waals surface area (Å²) in [5.74, 6) is -1.12. The summed E-state index contributed by atoms with van der Waals surface area (Å²) in [6.07, 6.45) is -0.164. The number of ether oxygens (including phenoxy) is 1. The number of carbonyl (C=O) groups excluding carboxylic acids is 2. The maximum atomic E-state index is 11.9. The molecule has 0 radical (unpaired) electrons. The molecule has 0 aliphatic heterocycles. The van der Waals surface area contributed by atoms with E-state index in [1.54, 1.807) is 23.6 Å². The van der Waals surface area contributed by atoms with Gasteiger partial charge in [0.25, 0.3) is 5.91 Å². The van der Waals surface area contributed by atoms with Crippen molar-refractivity contribution >= 4 is 38.9 Å². The van der Waals surface area contributed by atoms with Crippen molar-refractivity contribution in [3.63, 3.8) is 0 Å². The highest BCUT2D eigenvalue weighted by atomic mass is 32.2. The molecule has 2 aromatic rings. The van der Waals surface area contributed by atoms with Crippen LogP contribution in [0.25, 0.3) is 0 Å². The summed E-state index contributed by atoms with van der Waals surface area (Å²) in [6, 6.07) is 10.3. The summed E-state index contributed by atoms with van der Waals surface area (Å²) in [6.45, 7) is 1.41. The molecule has 0 saturated heterocycles. The fourth-order valence-corrected chi connectivity index (χ4v) is 3.90. The van der Waals surface area contributed by atoms with Gasteiger partial charge in [0.05, 0.1) is 6.42 Å². The highest BCUT2D eigenvalue weighted by molar-refractivity contribution is 7.91. The van der Waals surface area contributed by atoms with Crippen LogP contribution in [0.4, 0.5) is 5.69 Å². The van der Waals surface area contributed by atoms with Crippen LogP contribution >= 0.6 is 11.3 Å². The molecule has 0 bridgehead atoms. The summed E-state index contributed by atoms with van der Waals surface area (Å²) in [5, 5.41) is 4.25. The molecule has 7 nitrogen and oxygen atoms in total. The second kappa shape index (κ2) is 8.75. The van der Waals surface area contributed by atoms with Crippen molar-refractivity contribution in [1.29, 1.82) is 0 Å². The molecule has 25 heavy (non-hydrogen) atoms. The Kier molecular flexibility index (Phi) is 6.68. The average Bonchev–Trinajstić information content (AvgIpc) is 3.10. The molecule has 1 aromatic carbocycles. The summed E-state index contributed by atoms with van der Waals surface area (Å²) in [5.41, 5.74) is 1.67. The molecule has 1 amide bonds. The average molecular weight is 382 g/mol. The maximum absolute atomic E-state index is 11.9. The zero-order chi connectivity index (χ0) is 18.3. The second-order valence-electron chi connectivity index (χ2n) is 5.15. The van der Waals surface area contributed by atoms with Crippen LogP contribution in [0.5, 0.6) is 0 Å². The van der Waals surface area contributed by atoms with E-state index in [-0.39, 0.29) is 17.2 Å². The lowest BCUT2D eigenvalue weighted by Crippen LogP contribution is -2.27. The normalized spacial score (nSPS) is 11.1. The van der Waals surface area contributed by atoms with Gasteiger partial charge >= 0.3 is 5.97 Å². The van der Waals surface area contributed by atoms with E-state index in [1.165, 1.54) is 6.07 Å². The van der Waals surface area contributed by atoms with E-state index < -0.39 is 28.5 Å². The molecule has 0 fully saturated rings. The van der Waals surface area contributed by atoms with Crippen LogP contribution in [0.2, 0.25) is 0 Å². The molecule has 0 aliphatic rings. The van der Waals surface area contributed by atoms with Gasteiger partial charge < -0.3 is 10.1 Å². The SMILES string of the molecule is Cc1ccc(NC(=O)COC(=O)CCNS(=O)(=O)c2cccs2)cc1. The summed E-state index contributed by atoms with van der Waals surface area (Å²) >= 11 is 1.09. The smallest absolute Gasteiger partial charge is 0.307 e. The van der Waals surface area contributed by atoms with Crippen LogP contribution in [0.3, 0.4) is 0 Å². The summed E-state index contributed by atoms with van der Waals surface area (Å²) in [4.78, 5) is 23.3. The van der Waals surface area contributed by atoms with Crippen molar-refractivity contribution < 1.29 is 22.7 Å². The van der Waals surface area contributed by atoms with Gasteiger partial charge in [0, 0.05) is 12.2 Å². The van der Waals surface area contributed by atoms with Crippen molar-refractivity contribution in [3.8, 4) is 0 Å². The third kappa shape index (κ3) is 6.29. The molecule has 0 saturated carbocycles. The fraction of sp³-hybridized carbons (Fsp3) is 0.250. The minimum absolute atomic E-state index is 0.0986. The lowest BCUT2D eigenvalue weighted by molar-refractivity contribution is -0.147. The van der Waals surface area contributed by atoms with Crippen molar-refractivity contribution in [2.45, 2.75) is 17.6 Å². The fourth-order valence-electron chi connectivity index (χ4n) is 1.83. The van der Waals surface area contributed by atoms with Crippen LogP contribution in [0.15, 0.2) is 46.0 Å². The third-order valence-corrected chi connectivity index (χ3v) is 5.94. The van der Waals surface area contributed by atoms with Crippen LogP contribution in [-0.4, -0.2) is 33.4 Å². The molecule has 0 aliphatic carbocycles. The first kappa shape index (κ1) is 19.1. The number of esters is 1. The Balaban J connectivity index is 1.68. The number of hydrogen-bond donors (Lipinski definition) is 2. The minimum atomic E-state index is -3.61. The Morgan fingerprint density at radius 3 is 2.52 bits per heavy atom. The number of anilines is 1.